The third kappa shape index (κ3) is 4.27. The third-order valence-electron chi connectivity index (χ3n) is 5.15. The van der Waals surface area contributed by atoms with E-state index in [1.807, 2.05) is 31.7 Å². The molecule has 2 aliphatic heterocycles. The van der Waals surface area contributed by atoms with E-state index < -0.39 is 18.4 Å². The summed E-state index contributed by atoms with van der Waals surface area (Å²) in [6.45, 7) is 6.34. The van der Waals surface area contributed by atoms with Crippen molar-refractivity contribution in [2.75, 3.05) is 24.5 Å². The number of aliphatic carboxylic acids is 1. The first kappa shape index (κ1) is 22.4. The van der Waals surface area contributed by atoms with E-state index in [1.165, 1.54) is 10.5 Å². The number of thioether (sulfide) groups is 1. The number of amides is 1. The molecule has 168 valence electrons. The van der Waals surface area contributed by atoms with Crippen molar-refractivity contribution in [2.24, 2.45) is 0 Å². The molecule has 32 heavy (non-hydrogen) atoms. The standard InChI is InChI=1S/C21H22N4O5S2/c1-11-4-5-16-22-18(23-8-12(2)30-13(3)9-23)14(19(28)24(16)7-11)6-15-20(29)25(10-17(26)27)21(31)32-15/h4-7,12-13H,8-10H2,1-3H3,(H,26,27)/b15-6+. The molecule has 2 aromatic heterocycles. The summed E-state index contributed by atoms with van der Waals surface area (Å²) >= 11 is 6.16. The number of aryl methyl sites for hydroxylation is 1. The Labute approximate surface area is 193 Å². The van der Waals surface area contributed by atoms with E-state index in [9.17, 15) is 14.4 Å². The molecule has 2 fully saturated rings. The lowest BCUT2D eigenvalue weighted by Gasteiger charge is -2.36. The quantitative estimate of drug-likeness (QED) is 0.525. The lowest BCUT2D eigenvalue weighted by atomic mass is 10.1. The van der Waals surface area contributed by atoms with Crippen LogP contribution in [0.3, 0.4) is 0 Å². The number of carboxylic acid groups (broad SMARTS) is 1. The maximum atomic E-state index is 13.5. The molecular formula is C21H22N4O5S2. The molecule has 9 nitrogen and oxygen atoms in total. The van der Waals surface area contributed by atoms with Gasteiger partial charge in [0.2, 0.25) is 0 Å². The van der Waals surface area contributed by atoms with E-state index in [-0.39, 0.29) is 32.6 Å². The van der Waals surface area contributed by atoms with Gasteiger partial charge in [0.15, 0.2) is 0 Å². The Bertz CT molecular complexity index is 1210. The Hall–Kier alpha value is -2.76. The van der Waals surface area contributed by atoms with E-state index in [4.69, 9.17) is 27.0 Å². The number of nitrogens with zero attached hydrogens (tertiary/aromatic N) is 4. The highest BCUT2D eigenvalue weighted by Crippen LogP contribution is 2.33. The molecule has 0 bridgehead atoms. The Kier molecular flexibility index (Phi) is 6.06. The van der Waals surface area contributed by atoms with Crippen LogP contribution in [0.15, 0.2) is 28.0 Å². The van der Waals surface area contributed by atoms with E-state index in [0.29, 0.717) is 24.6 Å². The first-order valence-electron chi connectivity index (χ1n) is 10.0. The van der Waals surface area contributed by atoms with Crippen LogP contribution in [-0.2, 0) is 14.3 Å². The molecule has 2 saturated heterocycles. The normalized spacial score (nSPS) is 22.9. The van der Waals surface area contributed by atoms with E-state index in [2.05, 4.69) is 0 Å². The molecule has 2 atom stereocenters. The molecule has 2 aromatic rings. The summed E-state index contributed by atoms with van der Waals surface area (Å²) in [7, 11) is 0. The number of rotatable bonds is 4. The van der Waals surface area contributed by atoms with Gasteiger partial charge in [-0.25, -0.2) is 4.98 Å². The maximum Gasteiger partial charge on any atom is 0.323 e. The number of carbonyl (C=O) groups excluding carboxylic acids is 1. The zero-order valence-electron chi connectivity index (χ0n) is 17.8. The smallest absolute Gasteiger partial charge is 0.323 e. The highest BCUT2D eigenvalue weighted by atomic mass is 32.2. The molecule has 0 spiro atoms. The monoisotopic (exact) mass is 474 g/mol. The first-order valence-corrected chi connectivity index (χ1v) is 11.3. The average molecular weight is 475 g/mol. The van der Waals surface area contributed by atoms with Crippen LogP contribution < -0.4 is 10.5 Å². The van der Waals surface area contributed by atoms with Gasteiger partial charge < -0.3 is 14.7 Å². The summed E-state index contributed by atoms with van der Waals surface area (Å²) in [6.07, 6.45) is 3.06. The van der Waals surface area contributed by atoms with Crippen LogP contribution in [0.25, 0.3) is 11.7 Å². The topological polar surface area (TPSA) is 104 Å². The molecule has 0 saturated carbocycles. The summed E-state index contributed by atoms with van der Waals surface area (Å²) in [4.78, 5) is 45.4. The average Bonchev–Trinajstić information content (AvgIpc) is 2.96. The molecular weight excluding hydrogens is 452 g/mol. The molecule has 0 aromatic carbocycles. The van der Waals surface area contributed by atoms with Gasteiger partial charge in [0.25, 0.3) is 11.5 Å². The van der Waals surface area contributed by atoms with Crippen LogP contribution in [0.5, 0.6) is 0 Å². The fourth-order valence-corrected chi connectivity index (χ4v) is 5.10. The molecule has 0 radical (unpaired) electrons. The third-order valence-corrected chi connectivity index (χ3v) is 6.52. The van der Waals surface area contributed by atoms with Crippen LogP contribution in [0, 0.1) is 6.92 Å². The maximum absolute atomic E-state index is 13.5. The number of morpholine rings is 1. The minimum atomic E-state index is -1.16. The minimum absolute atomic E-state index is 0.0568. The van der Waals surface area contributed by atoms with Gasteiger partial charge in [-0.2, -0.15) is 0 Å². The summed E-state index contributed by atoms with van der Waals surface area (Å²) < 4.78 is 7.42. The van der Waals surface area contributed by atoms with Crippen molar-refractivity contribution in [1.29, 1.82) is 0 Å². The van der Waals surface area contributed by atoms with Crippen molar-refractivity contribution in [1.82, 2.24) is 14.3 Å². The number of hydrogen-bond acceptors (Lipinski definition) is 8. The highest BCUT2D eigenvalue weighted by molar-refractivity contribution is 8.26. The van der Waals surface area contributed by atoms with Gasteiger partial charge in [0.1, 0.15) is 22.3 Å². The van der Waals surface area contributed by atoms with E-state index >= 15 is 0 Å². The Morgan fingerprint density at radius 3 is 2.66 bits per heavy atom. The summed E-state index contributed by atoms with van der Waals surface area (Å²) in [6, 6.07) is 3.66. The number of aromatic nitrogens is 2. The minimum Gasteiger partial charge on any atom is -0.480 e. The van der Waals surface area contributed by atoms with Crippen molar-refractivity contribution in [3.8, 4) is 0 Å². The molecule has 1 N–H and O–H groups in total. The predicted octanol–water partition coefficient (Wildman–Crippen LogP) is 1.90. The highest BCUT2D eigenvalue weighted by Gasteiger charge is 2.34. The van der Waals surface area contributed by atoms with Crippen molar-refractivity contribution in [3.63, 3.8) is 0 Å². The van der Waals surface area contributed by atoms with Gasteiger partial charge in [-0.05, 0) is 38.5 Å². The van der Waals surface area contributed by atoms with E-state index in [1.54, 1.807) is 12.3 Å². The number of thiocarbonyl (C=S) groups is 1. The SMILES string of the molecule is Cc1ccc2nc(N3CC(C)OC(C)C3)c(/C=C3/SC(=S)N(CC(=O)O)C3=O)c(=O)n2c1. The van der Waals surface area contributed by atoms with E-state index in [0.717, 1.165) is 22.2 Å². The van der Waals surface area contributed by atoms with Crippen LogP contribution >= 0.6 is 24.0 Å². The van der Waals surface area contributed by atoms with Crippen molar-refractivity contribution >= 4 is 57.7 Å². The van der Waals surface area contributed by atoms with Crippen LogP contribution in [-0.4, -0.2) is 67.4 Å². The van der Waals surface area contributed by atoms with Crippen molar-refractivity contribution < 1.29 is 19.4 Å². The van der Waals surface area contributed by atoms with Gasteiger partial charge in [-0.1, -0.05) is 30.0 Å². The van der Waals surface area contributed by atoms with Gasteiger partial charge in [-0.3, -0.25) is 23.7 Å². The van der Waals surface area contributed by atoms with Crippen LogP contribution in [0.2, 0.25) is 0 Å². The molecule has 1 amide bonds. The van der Waals surface area contributed by atoms with Gasteiger partial charge in [-0.15, -0.1) is 0 Å². The Morgan fingerprint density at radius 2 is 2.00 bits per heavy atom. The Balaban J connectivity index is 1.87. The number of carbonyl (C=O) groups is 2. The molecule has 2 unspecified atom stereocenters. The zero-order chi connectivity index (χ0) is 23.2. The lowest BCUT2D eigenvalue weighted by Crippen LogP contribution is -2.46. The summed E-state index contributed by atoms with van der Waals surface area (Å²) in [5.41, 5.74) is 1.33. The summed E-state index contributed by atoms with van der Waals surface area (Å²) in [5, 5.41) is 9.07. The lowest BCUT2D eigenvalue weighted by molar-refractivity contribution is -0.140. The number of hydrogen-bond donors (Lipinski definition) is 1. The van der Waals surface area contributed by atoms with Gasteiger partial charge in [0, 0.05) is 19.3 Å². The number of pyridine rings is 1. The second kappa shape index (κ2) is 8.64. The second-order valence-electron chi connectivity index (χ2n) is 7.91. The number of ether oxygens (including phenoxy) is 1. The Morgan fingerprint density at radius 1 is 1.31 bits per heavy atom. The molecule has 4 rings (SSSR count). The van der Waals surface area contributed by atoms with Gasteiger partial charge >= 0.3 is 5.97 Å². The van der Waals surface area contributed by atoms with Crippen molar-refractivity contribution in [2.45, 2.75) is 33.0 Å². The fourth-order valence-electron chi connectivity index (χ4n) is 3.87. The first-order chi connectivity index (χ1) is 15.1. The summed E-state index contributed by atoms with van der Waals surface area (Å²) in [5.74, 6) is -1.24. The number of anilines is 1. The van der Waals surface area contributed by atoms with Crippen LogP contribution in [0.1, 0.15) is 25.0 Å². The largest absolute Gasteiger partial charge is 0.480 e. The number of carboxylic acids is 1. The predicted molar refractivity (Wildman–Crippen MR) is 126 cm³/mol. The number of fused-ring (bicyclic) bond motifs is 1. The van der Waals surface area contributed by atoms with Gasteiger partial charge in [0.05, 0.1) is 22.7 Å². The van der Waals surface area contributed by atoms with Crippen LogP contribution in [0.4, 0.5) is 5.82 Å². The second-order valence-corrected chi connectivity index (χ2v) is 9.59. The molecule has 4 heterocycles. The fraction of sp³-hybridized carbons (Fsp3) is 0.381. The molecule has 2 aliphatic rings. The van der Waals surface area contributed by atoms with Crippen molar-refractivity contribution in [3.05, 3.63) is 44.7 Å². The zero-order valence-corrected chi connectivity index (χ0v) is 19.4. The molecule has 11 heteroatoms. The molecule has 0 aliphatic carbocycles.